The van der Waals surface area contributed by atoms with Crippen molar-refractivity contribution in [1.82, 2.24) is 9.80 Å². The fourth-order valence-corrected chi connectivity index (χ4v) is 3.04. The van der Waals surface area contributed by atoms with Crippen LogP contribution in [0.2, 0.25) is 0 Å². The quantitative estimate of drug-likeness (QED) is 0.825. The van der Waals surface area contributed by atoms with Gasteiger partial charge in [-0.2, -0.15) is 0 Å². The Morgan fingerprint density at radius 2 is 1.68 bits per heavy atom. The molecular formula is C18H18N2O5. The van der Waals surface area contributed by atoms with E-state index in [4.69, 9.17) is 13.9 Å². The van der Waals surface area contributed by atoms with Crippen molar-refractivity contribution in [3.05, 3.63) is 48.4 Å². The molecular weight excluding hydrogens is 324 g/mol. The van der Waals surface area contributed by atoms with E-state index in [1.54, 1.807) is 21.9 Å². The Morgan fingerprint density at radius 1 is 0.960 bits per heavy atom. The second kappa shape index (κ2) is 6.51. The Labute approximate surface area is 144 Å². The number of para-hydroxylation sites is 2. The van der Waals surface area contributed by atoms with Crippen LogP contribution in [0.3, 0.4) is 0 Å². The molecule has 0 bridgehead atoms. The van der Waals surface area contributed by atoms with E-state index in [1.165, 1.54) is 12.5 Å². The van der Waals surface area contributed by atoms with Gasteiger partial charge in [-0.1, -0.05) is 12.1 Å². The number of fused-ring (bicyclic) bond motifs is 1. The van der Waals surface area contributed by atoms with Gasteiger partial charge in [0.1, 0.15) is 12.9 Å². The van der Waals surface area contributed by atoms with Crippen LogP contribution in [-0.2, 0) is 4.79 Å². The molecule has 25 heavy (non-hydrogen) atoms. The molecule has 1 saturated heterocycles. The lowest BCUT2D eigenvalue weighted by Gasteiger charge is -2.37. The third kappa shape index (κ3) is 3.05. The molecule has 3 heterocycles. The Kier molecular flexibility index (Phi) is 4.05. The molecule has 2 aliphatic rings. The third-order valence-electron chi connectivity index (χ3n) is 4.43. The van der Waals surface area contributed by atoms with E-state index in [9.17, 15) is 9.59 Å². The highest BCUT2D eigenvalue weighted by atomic mass is 16.6. The predicted molar refractivity (Wildman–Crippen MR) is 87.5 cm³/mol. The largest absolute Gasteiger partial charge is 0.485 e. The smallest absolute Gasteiger partial charge is 0.267 e. The first kappa shape index (κ1) is 15.6. The molecule has 2 amide bonds. The molecule has 0 radical (unpaired) electrons. The number of furan rings is 1. The lowest BCUT2D eigenvalue weighted by atomic mass is 10.2. The molecule has 1 fully saturated rings. The second-order valence-corrected chi connectivity index (χ2v) is 5.99. The van der Waals surface area contributed by atoms with E-state index in [1.807, 2.05) is 18.2 Å². The maximum absolute atomic E-state index is 12.7. The average Bonchev–Trinajstić information content (AvgIpc) is 3.21. The number of hydrogen-bond acceptors (Lipinski definition) is 5. The highest BCUT2D eigenvalue weighted by molar-refractivity contribution is 5.94. The van der Waals surface area contributed by atoms with Gasteiger partial charge in [0.05, 0.1) is 11.8 Å². The number of nitrogens with zero attached hydrogens (tertiary/aromatic N) is 2. The minimum absolute atomic E-state index is 0.0768. The number of carbonyl (C=O) groups excluding carboxylic acids is 2. The number of ether oxygens (including phenoxy) is 2. The minimum atomic E-state index is -0.647. The SMILES string of the molecule is O=C(c1ccoc1)N1CCN(C(=O)[C@@H]2COc3ccccc3O2)CC1. The molecule has 130 valence electrons. The van der Waals surface area contributed by atoms with E-state index >= 15 is 0 Å². The van der Waals surface area contributed by atoms with Gasteiger partial charge in [-0.05, 0) is 18.2 Å². The van der Waals surface area contributed by atoms with Crippen LogP contribution in [-0.4, -0.2) is 60.5 Å². The van der Waals surface area contributed by atoms with Crippen LogP contribution < -0.4 is 9.47 Å². The predicted octanol–water partition coefficient (Wildman–Crippen LogP) is 1.40. The summed E-state index contributed by atoms with van der Waals surface area (Å²) < 4.78 is 16.3. The van der Waals surface area contributed by atoms with E-state index < -0.39 is 6.10 Å². The van der Waals surface area contributed by atoms with Gasteiger partial charge in [-0.15, -0.1) is 0 Å². The number of benzene rings is 1. The van der Waals surface area contributed by atoms with Gasteiger partial charge in [0.2, 0.25) is 6.10 Å². The Hall–Kier alpha value is -2.96. The van der Waals surface area contributed by atoms with Crippen molar-refractivity contribution < 1.29 is 23.5 Å². The first-order valence-corrected chi connectivity index (χ1v) is 8.21. The molecule has 0 unspecified atom stereocenters. The molecule has 0 N–H and O–H groups in total. The van der Waals surface area contributed by atoms with Crippen LogP contribution in [0, 0.1) is 0 Å². The second-order valence-electron chi connectivity index (χ2n) is 5.99. The van der Waals surface area contributed by atoms with Crippen molar-refractivity contribution in [3.63, 3.8) is 0 Å². The van der Waals surface area contributed by atoms with Crippen molar-refractivity contribution in [1.29, 1.82) is 0 Å². The first-order valence-electron chi connectivity index (χ1n) is 8.21. The van der Waals surface area contributed by atoms with Crippen LogP contribution in [0.15, 0.2) is 47.3 Å². The number of piperazine rings is 1. The topological polar surface area (TPSA) is 72.2 Å². The fourth-order valence-electron chi connectivity index (χ4n) is 3.04. The maximum Gasteiger partial charge on any atom is 0.267 e. The van der Waals surface area contributed by atoms with Crippen molar-refractivity contribution >= 4 is 11.8 Å². The average molecular weight is 342 g/mol. The molecule has 0 aliphatic carbocycles. The number of hydrogen-bond donors (Lipinski definition) is 0. The van der Waals surface area contributed by atoms with Crippen LogP contribution in [0.4, 0.5) is 0 Å². The van der Waals surface area contributed by atoms with Gasteiger partial charge in [0.25, 0.3) is 11.8 Å². The van der Waals surface area contributed by atoms with Crippen LogP contribution in [0.5, 0.6) is 11.5 Å². The number of amides is 2. The number of carbonyl (C=O) groups is 2. The summed E-state index contributed by atoms with van der Waals surface area (Å²) in [5.74, 6) is 1.06. The van der Waals surface area contributed by atoms with Gasteiger partial charge in [0.15, 0.2) is 11.5 Å². The first-order chi connectivity index (χ1) is 12.2. The molecule has 7 nitrogen and oxygen atoms in total. The third-order valence-corrected chi connectivity index (χ3v) is 4.43. The van der Waals surface area contributed by atoms with Gasteiger partial charge in [0, 0.05) is 26.2 Å². The van der Waals surface area contributed by atoms with Crippen LogP contribution >= 0.6 is 0 Å². The maximum atomic E-state index is 12.7. The summed E-state index contributed by atoms with van der Waals surface area (Å²) in [5, 5.41) is 0. The molecule has 1 atom stereocenters. The highest BCUT2D eigenvalue weighted by Gasteiger charge is 2.33. The molecule has 2 aromatic rings. The lowest BCUT2D eigenvalue weighted by molar-refractivity contribution is -0.142. The number of rotatable bonds is 2. The van der Waals surface area contributed by atoms with Gasteiger partial charge < -0.3 is 23.7 Å². The van der Waals surface area contributed by atoms with Crippen molar-refractivity contribution in [2.24, 2.45) is 0 Å². The summed E-state index contributed by atoms with van der Waals surface area (Å²) in [7, 11) is 0. The van der Waals surface area contributed by atoms with Crippen molar-refractivity contribution in [2.45, 2.75) is 6.10 Å². The van der Waals surface area contributed by atoms with Crippen LogP contribution in [0.25, 0.3) is 0 Å². The molecule has 1 aromatic heterocycles. The molecule has 0 spiro atoms. The molecule has 0 saturated carbocycles. The van der Waals surface area contributed by atoms with E-state index in [0.717, 1.165) is 0 Å². The fraction of sp³-hybridized carbons (Fsp3) is 0.333. The Bertz CT molecular complexity index is 766. The van der Waals surface area contributed by atoms with Crippen LogP contribution in [0.1, 0.15) is 10.4 Å². The zero-order chi connectivity index (χ0) is 17.2. The van der Waals surface area contributed by atoms with Gasteiger partial charge in [-0.25, -0.2) is 0 Å². The molecule has 4 rings (SSSR count). The van der Waals surface area contributed by atoms with E-state index in [0.29, 0.717) is 43.2 Å². The normalized spacial score (nSPS) is 19.6. The summed E-state index contributed by atoms with van der Waals surface area (Å²) in [4.78, 5) is 28.4. The van der Waals surface area contributed by atoms with E-state index in [2.05, 4.69) is 0 Å². The standard InChI is InChI=1S/C18H18N2O5/c21-17(13-5-10-23-11-13)19-6-8-20(9-7-19)18(22)16-12-24-14-3-1-2-4-15(14)25-16/h1-5,10-11,16H,6-9,12H2/t16-/m0/s1. The summed E-state index contributed by atoms with van der Waals surface area (Å²) >= 11 is 0. The van der Waals surface area contributed by atoms with E-state index in [-0.39, 0.29) is 18.4 Å². The van der Waals surface area contributed by atoms with Crippen molar-refractivity contribution in [3.8, 4) is 11.5 Å². The summed E-state index contributed by atoms with van der Waals surface area (Å²) in [6.07, 6.45) is 2.27. The Morgan fingerprint density at radius 3 is 2.40 bits per heavy atom. The highest BCUT2D eigenvalue weighted by Crippen LogP contribution is 2.31. The molecule has 7 heteroatoms. The monoisotopic (exact) mass is 342 g/mol. The van der Waals surface area contributed by atoms with Gasteiger partial charge in [-0.3, -0.25) is 9.59 Å². The zero-order valence-corrected chi connectivity index (χ0v) is 13.6. The molecule has 2 aliphatic heterocycles. The summed E-state index contributed by atoms with van der Waals surface area (Å²) in [6, 6.07) is 8.95. The molecule has 1 aromatic carbocycles. The summed E-state index contributed by atoms with van der Waals surface area (Å²) in [6.45, 7) is 2.12. The lowest BCUT2D eigenvalue weighted by Crippen LogP contribution is -2.55. The summed E-state index contributed by atoms with van der Waals surface area (Å²) in [5.41, 5.74) is 0.528. The zero-order valence-electron chi connectivity index (χ0n) is 13.6. The van der Waals surface area contributed by atoms with Gasteiger partial charge >= 0.3 is 0 Å². The Balaban J connectivity index is 1.35. The minimum Gasteiger partial charge on any atom is -0.485 e. The van der Waals surface area contributed by atoms with Crippen molar-refractivity contribution in [2.75, 3.05) is 32.8 Å².